The van der Waals surface area contributed by atoms with Crippen LogP contribution in [0.5, 0.6) is 0 Å². The summed E-state index contributed by atoms with van der Waals surface area (Å²) in [6, 6.07) is 0. The Morgan fingerprint density at radius 2 is 1.87 bits per heavy atom. The summed E-state index contributed by atoms with van der Waals surface area (Å²) in [7, 11) is 0. The fourth-order valence-corrected chi connectivity index (χ4v) is 2.83. The van der Waals surface area contributed by atoms with E-state index in [1.807, 2.05) is 0 Å². The van der Waals surface area contributed by atoms with E-state index in [2.05, 4.69) is 19.0 Å². The largest absolute Gasteiger partial charge is 0.151 e. The highest BCUT2D eigenvalue weighted by Gasteiger charge is 2.16. The van der Waals surface area contributed by atoms with Gasteiger partial charge in [-0.25, -0.2) is 0 Å². The molecule has 0 radical (unpaired) electrons. The quantitative estimate of drug-likeness (QED) is 0.574. The van der Waals surface area contributed by atoms with Crippen LogP contribution in [-0.4, -0.2) is 6.54 Å². The second-order valence-electron chi connectivity index (χ2n) is 5.49. The molecule has 0 N–H and O–H groups in total. The molecule has 1 aliphatic rings. The van der Waals surface area contributed by atoms with Crippen LogP contribution < -0.4 is 0 Å². The molecule has 1 rings (SSSR count). The van der Waals surface area contributed by atoms with Gasteiger partial charge in [0, 0.05) is 0 Å². The molecule has 1 unspecified atom stereocenters. The third kappa shape index (κ3) is 5.29. The summed E-state index contributed by atoms with van der Waals surface area (Å²) < 4.78 is 0. The molecule has 0 aliphatic heterocycles. The smallest absolute Gasteiger partial charge is 0.0836 e. The van der Waals surface area contributed by atoms with Crippen molar-refractivity contribution in [1.82, 2.24) is 0 Å². The van der Waals surface area contributed by atoms with Crippen LogP contribution in [0.3, 0.4) is 0 Å². The van der Waals surface area contributed by atoms with Gasteiger partial charge in [0.15, 0.2) is 0 Å². The molecular formula is C13H25NO. The van der Waals surface area contributed by atoms with Gasteiger partial charge < -0.3 is 0 Å². The number of nitroso groups, excluding NO2 is 1. The Morgan fingerprint density at radius 3 is 2.47 bits per heavy atom. The molecule has 15 heavy (non-hydrogen) atoms. The van der Waals surface area contributed by atoms with Gasteiger partial charge in [0.25, 0.3) is 0 Å². The topological polar surface area (TPSA) is 29.4 Å². The Kier molecular flexibility index (Phi) is 5.89. The van der Waals surface area contributed by atoms with Crippen molar-refractivity contribution in [2.45, 2.75) is 58.8 Å². The summed E-state index contributed by atoms with van der Waals surface area (Å²) in [5, 5.41) is 2.98. The van der Waals surface area contributed by atoms with Crippen LogP contribution in [0.15, 0.2) is 5.18 Å². The molecule has 2 heteroatoms. The lowest BCUT2D eigenvalue weighted by molar-refractivity contribution is 0.357. The van der Waals surface area contributed by atoms with E-state index in [-0.39, 0.29) is 0 Å². The minimum absolute atomic E-state index is 0.473. The number of hydrogen-bond donors (Lipinski definition) is 0. The molecule has 1 saturated carbocycles. The Hall–Kier alpha value is -0.400. The Balaban J connectivity index is 2.06. The fourth-order valence-electron chi connectivity index (χ4n) is 2.83. The Labute approximate surface area is 93.8 Å². The maximum atomic E-state index is 10.1. The average Bonchev–Trinajstić information content (AvgIpc) is 2.67. The van der Waals surface area contributed by atoms with Crippen LogP contribution in [0, 0.1) is 22.7 Å². The van der Waals surface area contributed by atoms with Gasteiger partial charge in [-0.1, -0.05) is 57.5 Å². The molecule has 0 spiro atoms. The molecule has 0 heterocycles. The van der Waals surface area contributed by atoms with E-state index >= 15 is 0 Å². The van der Waals surface area contributed by atoms with E-state index in [4.69, 9.17) is 0 Å². The zero-order valence-corrected chi connectivity index (χ0v) is 10.2. The summed E-state index contributed by atoms with van der Waals surface area (Å²) in [4.78, 5) is 10.1. The third-order valence-electron chi connectivity index (χ3n) is 3.73. The lowest BCUT2D eigenvalue weighted by Gasteiger charge is -2.17. The zero-order valence-electron chi connectivity index (χ0n) is 10.2. The van der Waals surface area contributed by atoms with Crippen LogP contribution >= 0.6 is 0 Å². The summed E-state index contributed by atoms with van der Waals surface area (Å²) in [5.74, 6) is 2.25. The predicted molar refractivity (Wildman–Crippen MR) is 64.8 cm³/mol. The van der Waals surface area contributed by atoms with Crippen molar-refractivity contribution in [3.63, 3.8) is 0 Å². The van der Waals surface area contributed by atoms with Crippen LogP contribution in [0.1, 0.15) is 58.8 Å². The van der Waals surface area contributed by atoms with Crippen LogP contribution in [0.2, 0.25) is 0 Å². The molecule has 1 fully saturated rings. The van der Waals surface area contributed by atoms with Gasteiger partial charge in [-0.2, -0.15) is 4.91 Å². The first-order chi connectivity index (χ1) is 7.22. The summed E-state index contributed by atoms with van der Waals surface area (Å²) in [6.45, 7) is 4.94. The lowest BCUT2D eigenvalue weighted by Crippen LogP contribution is -2.07. The first-order valence-corrected chi connectivity index (χ1v) is 6.51. The fraction of sp³-hybridized carbons (Fsp3) is 1.00. The van der Waals surface area contributed by atoms with Crippen molar-refractivity contribution in [3.8, 4) is 0 Å². The minimum atomic E-state index is 0.473. The summed E-state index contributed by atoms with van der Waals surface area (Å²) >= 11 is 0. The standard InChI is InChI=1S/C13H25NO/c1-11(9-12(2)10-14-15)7-8-13-5-3-4-6-13/h11-13H,3-10H2,1-2H3/t11?,12-/m1/s1. The Bertz CT molecular complexity index is 175. The molecule has 0 amide bonds. The van der Waals surface area contributed by atoms with Crippen molar-refractivity contribution < 1.29 is 0 Å². The average molecular weight is 211 g/mol. The van der Waals surface area contributed by atoms with Gasteiger partial charge in [-0.3, -0.25) is 0 Å². The van der Waals surface area contributed by atoms with Crippen molar-refractivity contribution >= 4 is 0 Å². The molecule has 0 aromatic carbocycles. The van der Waals surface area contributed by atoms with Crippen molar-refractivity contribution in [1.29, 1.82) is 0 Å². The molecular weight excluding hydrogens is 186 g/mol. The number of rotatable bonds is 7. The lowest BCUT2D eigenvalue weighted by atomic mass is 9.90. The van der Waals surface area contributed by atoms with E-state index in [9.17, 15) is 4.91 Å². The van der Waals surface area contributed by atoms with Crippen LogP contribution in [0.4, 0.5) is 0 Å². The molecule has 2 nitrogen and oxygen atoms in total. The highest BCUT2D eigenvalue weighted by Crippen LogP contribution is 2.30. The SMILES string of the molecule is CC(CCC1CCCC1)C[C@@H](C)CN=O. The molecule has 0 bridgehead atoms. The van der Waals surface area contributed by atoms with Gasteiger partial charge in [0.05, 0.1) is 6.54 Å². The second kappa shape index (κ2) is 6.97. The molecule has 0 saturated heterocycles. The third-order valence-corrected chi connectivity index (χ3v) is 3.73. The first kappa shape index (κ1) is 12.7. The van der Waals surface area contributed by atoms with Gasteiger partial charge in [-0.15, -0.1) is 0 Å². The summed E-state index contributed by atoms with van der Waals surface area (Å²) in [6.07, 6.45) is 9.72. The predicted octanol–water partition coefficient (Wildman–Crippen LogP) is 4.39. The van der Waals surface area contributed by atoms with Gasteiger partial charge >= 0.3 is 0 Å². The van der Waals surface area contributed by atoms with Crippen molar-refractivity contribution in [2.75, 3.05) is 6.54 Å². The van der Waals surface area contributed by atoms with Gasteiger partial charge in [0.2, 0.25) is 0 Å². The Morgan fingerprint density at radius 1 is 1.20 bits per heavy atom. The minimum Gasteiger partial charge on any atom is -0.151 e. The molecule has 2 atom stereocenters. The van der Waals surface area contributed by atoms with Crippen molar-refractivity contribution in [3.05, 3.63) is 4.91 Å². The van der Waals surface area contributed by atoms with E-state index < -0.39 is 0 Å². The van der Waals surface area contributed by atoms with E-state index in [0.717, 1.165) is 11.8 Å². The zero-order chi connectivity index (χ0) is 11.1. The van der Waals surface area contributed by atoms with Crippen LogP contribution in [-0.2, 0) is 0 Å². The highest BCUT2D eigenvalue weighted by atomic mass is 16.3. The van der Waals surface area contributed by atoms with E-state index in [1.165, 1.54) is 44.9 Å². The van der Waals surface area contributed by atoms with Crippen molar-refractivity contribution in [2.24, 2.45) is 22.9 Å². The van der Waals surface area contributed by atoms with Gasteiger partial charge in [-0.05, 0) is 24.2 Å². The molecule has 0 aromatic rings. The molecule has 1 aliphatic carbocycles. The van der Waals surface area contributed by atoms with Crippen LogP contribution in [0.25, 0.3) is 0 Å². The second-order valence-corrected chi connectivity index (χ2v) is 5.49. The number of nitrogens with zero attached hydrogens (tertiary/aromatic N) is 1. The normalized spacial score (nSPS) is 21.5. The monoisotopic (exact) mass is 211 g/mol. The van der Waals surface area contributed by atoms with E-state index in [1.54, 1.807) is 0 Å². The summed E-state index contributed by atoms with van der Waals surface area (Å²) in [5.41, 5.74) is 0. The van der Waals surface area contributed by atoms with Gasteiger partial charge in [0.1, 0.15) is 0 Å². The number of hydrogen-bond acceptors (Lipinski definition) is 2. The first-order valence-electron chi connectivity index (χ1n) is 6.51. The highest BCUT2D eigenvalue weighted by molar-refractivity contribution is 4.69. The maximum absolute atomic E-state index is 10.1. The maximum Gasteiger partial charge on any atom is 0.0836 e. The van der Waals surface area contributed by atoms with E-state index in [0.29, 0.717) is 12.5 Å². The molecule has 0 aromatic heterocycles. The molecule has 88 valence electrons.